The van der Waals surface area contributed by atoms with Crippen molar-refractivity contribution in [3.63, 3.8) is 0 Å². The number of hydrogen-bond acceptors (Lipinski definition) is 1. The van der Waals surface area contributed by atoms with E-state index >= 15 is 0 Å². The zero-order chi connectivity index (χ0) is 10.7. The van der Waals surface area contributed by atoms with Gasteiger partial charge in [0, 0.05) is 12.5 Å². The summed E-state index contributed by atoms with van der Waals surface area (Å²) < 4.78 is 12.8. The summed E-state index contributed by atoms with van der Waals surface area (Å²) >= 11 is 0. The summed E-state index contributed by atoms with van der Waals surface area (Å²) in [4.78, 5) is 0. The fourth-order valence-electron chi connectivity index (χ4n) is 2.51. The van der Waals surface area contributed by atoms with Gasteiger partial charge in [0.1, 0.15) is 5.82 Å². The summed E-state index contributed by atoms with van der Waals surface area (Å²) in [5, 5.41) is 3.43. The molecular formula is C13H18FN. The fraction of sp³-hybridized carbons (Fsp3) is 0.538. The van der Waals surface area contributed by atoms with Crippen LogP contribution in [0.5, 0.6) is 0 Å². The number of nitrogens with one attached hydrogen (secondary N) is 1. The molecule has 1 heterocycles. The Hall–Kier alpha value is -0.890. The number of halogens is 1. The van der Waals surface area contributed by atoms with Crippen molar-refractivity contribution < 1.29 is 4.39 Å². The second-order valence-electron chi connectivity index (χ2n) is 4.37. The van der Waals surface area contributed by atoms with Crippen LogP contribution in [0.3, 0.4) is 0 Å². The molecule has 2 rings (SSSR count). The Morgan fingerprint density at radius 1 is 1.27 bits per heavy atom. The molecule has 0 bridgehead atoms. The average Bonchev–Trinajstić information content (AvgIpc) is 2.68. The van der Waals surface area contributed by atoms with Gasteiger partial charge in [0.15, 0.2) is 0 Å². The van der Waals surface area contributed by atoms with Crippen LogP contribution in [0.4, 0.5) is 4.39 Å². The van der Waals surface area contributed by atoms with Gasteiger partial charge >= 0.3 is 0 Å². The van der Waals surface area contributed by atoms with Crippen molar-refractivity contribution in [2.75, 3.05) is 13.1 Å². The minimum Gasteiger partial charge on any atom is -0.316 e. The molecule has 0 unspecified atom stereocenters. The first-order valence-electron chi connectivity index (χ1n) is 5.77. The maximum atomic E-state index is 12.8. The van der Waals surface area contributed by atoms with E-state index < -0.39 is 0 Å². The predicted molar refractivity (Wildman–Crippen MR) is 60.4 cm³/mol. The van der Waals surface area contributed by atoms with Crippen molar-refractivity contribution in [1.29, 1.82) is 0 Å². The molecule has 1 fully saturated rings. The zero-order valence-corrected chi connectivity index (χ0v) is 9.17. The molecule has 0 radical (unpaired) electrons. The van der Waals surface area contributed by atoms with E-state index in [1.807, 2.05) is 12.1 Å². The minimum atomic E-state index is -0.142. The van der Waals surface area contributed by atoms with Crippen molar-refractivity contribution in [2.45, 2.75) is 25.7 Å². The summed E-state index contributed by atoms with van der Waals surface area (Å²) in [5.41, 5.74) is 1.28. The van der Waals surface area contributed by atoms with Gasteiger partial charge < -0.3 is 5.32 Å². The minimum absolute atomic E-state index is 0.142. The summed E-state index contributed by atoms with van der Waals surface area (Å²) in [6, 6.07) is 6.98. The van der Waals surface area contributed by atoms with E-state index in [2.05, 4.69) is 12.2 Å². The van der Waals surface area contributed by atoms with Crippen molar-refractivity contribution in [3.05, 3.63) is 35.6 Å². The second kappa shape index (κ2) is 4.75. The molecular weight excluding hydrogens is 189 g/mol. The molecule has 1 N–H and O–H groups in total. The van der Waals surface area contributed by atoms with Crippen molar-refractivity contribution in [1.82, 2.24) is 5.32 Å². The van der Waals surface area contributed by atoms with Gasteiger partial charge in [-0.15, -0.1) is 0 Å². The van der Waals surface area contributed by atoms with Gasteiger partial charge in [0.05, 0.1) is 0 Å². The molecule has 82 valence electrons. The first-order valence-corrected chi connectivity index (χ1v) is 5.77. The van der Waals surface area contributed by atoms with E-state index in [1.54, 1.807) is 12.1 Å². The Kier molecular flexibility index (Phi) is 3.37. The Morgan fingerprint density at radius 3 is 2.67 bits per heavy atom. The van der Waals surface area contributed by atoms with Crippen LogP contribution in [0.2, 0.25) is 0 Å². The molecule has 1 saturated heterocycles. The SMILES string of the molecule is CCC[C@H]1CNC[C@@H]1c1ccc(F)cc1. The van der Waals surface area contributed by atoms with Gasteiger partial charge in [0.2, 0.25) is 0 Å². The summed E-state index contributed by atoms with van der Waals surface area (Å²) in [5.74, 6) is 1.16. The highest BCUT2D eigenvalue weighted by Crippen LogP contribution is 2.31. The molecule has 15 heavy (non-hydrogen) atoms. The molecule has 0 aliphatic carbocycles. The summed E-state index contributed by atoms with van der Waals surface area (Å²) in [6.07, 6.45) is 2.49. The van der Waals surface area contributed by atoms with Crippen LogP contribution in [0.15, 0.2) is 24.3 Å². The highest BCUT2D eigenvalue weighted by Gasteiger charge is 2.27. The lowest BCUT2D eigenvalue weighted by Crippen LogP contribution is -2.10. The fourth-order valence-corrected chi connectivity index (χ4v) is 2.51. The molecule has 0 amide bonds. The van der Waals surface area contributed by atoms with Crippen LogP contribution in [0.1, 0.15) is 31.2 Å². The highest BCUT2D eigenvalue weighted by atomic mass is 19.1. The first kappa shape index (κ1) is 10.6. The van der Waals surface area contributed by atoms with Crippen LogP contribution in [-0.2, 0) is 0 Å². The van der Waals surface area contributed by atoms with Crippen LogP contribution >= 0.6 is 0 Å². The number of rotatable bonds is 3. The van der Waals surface area contributed by atoms with Crippen LogP contribution in [-0.4, -0.2) is 13.1 Å². The van der Waals surface area contributed by atoms with Gasteiger partial charge in [-0.05, 0) is 36.6 Å². The molecule has 1 nitrogen and oxygen atoms in total. The molecule has 1 aliphatic heterocycles. The molecule has 2 heteroatoms. The Morgan fingerprint density at radius 2 is 2.00 bits per heavy atom. The lowest BCUT2D eigenvalue weighted by molar-refractivity contribution is 0.473. The maximum absolute atomic E-state index is 12.8. The third-order valence-corrected chi connectivity index (χ3v) is 3.30. The third-order valence-electron chi connectivity index (χ3n) is 3.30. The average molecular weight is 207 g/mol. The zero-order valence-electron chi connectivity index (χ0n) is 9.17. The second-order valence-corrected chi connectivity index (χ2v) is 4.37. The van der Waals surface area contributed by atoms with Gasteiger partial charge in [0.25, 0.3) is 0 Å². The molecule has 1 aromatic rings. The van der Waals surface area contributed by atoms with Crippen LogP contribution in [0, 0.1) is 11.7 Å². The largest absolute Gasteiger partial charge is 0.316 e. The normalized spacial score (nSPS) is 25.7. The first-order chi connectivity index (χ1) is 7.31. The van der Waals surface area contributed by atoms with E-state index in [0.29, 0.717) is 5.92 Å². The highest BCUT2D eigenvalue weighted by molar-refractivity contribution is 5.23. The van der Waals surface area contributed by atoms with E-state index in [1.165, 1.54) is 18.4 Å². The lowest BCUT2D eigenvalue weighted by Gasteiger charge is -2.18. The molecule has 1 aliphatic rings. The Balaban J connectivity index is 2.11. The predicted octanol–water partition coefficient (Wildman–Crippen LogP) is 2.93. The molecule has 0 saturated carbocycles. The third kappa shape index (κ3) is 2.37. The number of benzene rings is 1. The topological polar surface area (TPSA) is 12.0 Å². The summed E-state index contributed by atoms with van der Waals surface area (Å²) in [7, 11) is 0. The number of hydrogen-bond donors (Lipinski definition) is 1. The molecule has 1 aromatic carbocycles. The monoisotopic (exact) mass is 207 g/mol. The quantitative estimate of drug-likeness (QED) is 0.803. The van der Waals surface area contributed by atoms with Gasteiger partial charge in [-0.3, -0.25) is 0 Å². The smallest absolute Gasteiger partial charge is 0.123 e. The van der Waals surface area contributed by atoms with Gasteiger partial charge in [-0.25, -0.2) is 4.39 Å². The Labute approximate surface area is 90.7 Å². The molecule has 0 aromatic heterocycles. The Bertz CT molecular complexity index is 307. The van der Waals surface area contributed by atoms with Crippen molar-refractivity contribution in [2.24, 2.45) is 5.92 Å². The van der Waals surface area contributed by atoms with E-state index in [4.69, 9.17) is 0 Å². The van der Waals surface area contributed by atoms with Crippen molar-refractivity contribution in [3.8, 4) is 0 Å². The van der Waals surface area contributed by atoms with Gasteiger partial charge in [-0.1, -0.05) is 25.5 Å². The van der Waals surface area contributed by atoms with Crippen LogP contribution < -0.4 is 5.32 Å². The maximum Gasteiger partial charge on any atom is 0.123 e. The standard InChI is InChI=1S/C13H18FN/c1-2-3-11-8-15-9-13(11)10-4-6-12(14)7-5-10/h4-7,11,13,15H,2-3,8-9H2,1H3/t11-,13+/m0/s1. The van der Waals surface area contributed by atoms with Gasteiger partial charge in [-0.2, -0.15) is 0 Å². The van der Waals surface area contributed by atoms with E-state index in [-0.39, 0.29) is 5.82 Å². The molecule has 2 atom stereocenters. The summed E-state index contributed by atoms with van der Waals surface area (Å²) in [6.45, 7) is 4.37. The van der Waals surface area contributed by atoms with E-state index in [9.17, 15) is 4.39 Å². The van der Waals surface area contributed by atoms with Crippen molar-refractivity contribution >= 4 is 0 Å². The lowest BCUT2D eigenvalue weighted by atomic mass is 9.86. The van der Waals surface area contributed by atoms with E-state index in [0.717, 1.165) is 19.0 Å². The van der Waals surface area contributed by atoms with Crippen LogP contribution in [0.25, 0.3) is 0 Å². The molecule has 0 spiro atoms.